The van der Waals surface area contributed by atoms with Crippen LogP contribution in [0.2, 0.25) is 0 Å². The van der Waals surface area contributed by atoms with E-state index >= 15 is 0 Å². The number of nitrogens with one attached hydrogen (secondary N) is 1. The van der Waals surface area contributed by atoms with Crippen molar-refractivity contribution in [3.05, 3.63) is 0 Å². The molecule has 0 bridgehead atoms. The fourth-order valence-electron chi connectivity index (χ4n) is 3.36. The van der Waals surface area contributed by atoms with E-state index in [9.17, 15) is 14.7 Å². The zero-order valence-corrected chi connectivity index (χ0v) is 13.6. The minimum absolute atomic E-state index is 0.0284. The van der Waals surface area contributed by atoms with Gasteiger partial charge in [-0.15, -0.1) is 0 Å². The normalized spacial score (nSPS) is 29.2. The molecule has 2 fully saturated rings. The third-order valence-electron chi connectivity index (χ3n) is 4.65. The molecule has 2 aliphatic heterocycles. The number of carbonyl (C=O) groups excluding carboxylic acids is 1. The maximum Gasteiger partial charge on any atom is 0.305 e. The highest BCUT2D eigenvalue weighted by Gasteiger charge is 2.32. The van der Waals surface area contributed by atoms with Crippen molar-refractivity contribution in [2.45, 2.75) is 63.2 Å². The van der Waals surface area contributed by atoms with Crippen molar-refractivity contribution in [3.8, 4) is 0 Å². The molecule has 2 heterocycles. The molecule has 0 spiro atoms. The van der Waals surface area contributed by atoms with Gasteiger partial charge < -0.3 is 25.2 Å². The van der Waals surface area contributed by atoms with Crippen LogP contribution in [0.4, 0.5) is 0 Å². The van der Waals surface area contributed by atoms with Crippen LogP contribution in [-0.2, 0) is 14.3 Å². The van der Waals surface area contributed by atoms with E-state index in [4.69, 9.17) is 9.84 Å². The topological polar surface area (TPSA) is 99.1 Å². The SMILES string of the molecule is O=C(O)C[C@H]1CC[C@H](NC(=O)CCN2CCCCC2)[C@@H](CO)O1. The maximum atomic E-state index is 12.1. The average molecular weight is 328 g/mol. The highest BCUT2D eigenvalue weighted by molar-refractivity contribution is 5.76. The summed E-state index contributed by atoms with van der Waals surface area (Å²) in [5, 5.41) is 21.2. The minimum atomic E-state index is -0.907. The summed E-state index contributed by atoms with van der Waals surface area (Å²) in [6.07, 6.45) is 4.39. The smallest absolute Gasteiger partial charge is 0.305 e. The number of aliphatic hydroxyl groups is 1. The monoisotopic (exact) mass is 328 g/mol. The molecule has 0 radical (unpaired) electrons. The fraction of sp³-hybridized carbons (Fsp3) is 0.875. The van der Waals surface area contributed by atoms with Crippen molar-refractivity contribution in [2.24, 2.45) is 0 Å². The van der Waals surface area contributed by atoms with Crippen molar-refractivity contribution >= 4 is 11.9 Å². The molecule has 0 aliphatic carbocycles. The third kappa shape index (κ3) is 6.08. The highest BCUT2D eigenvalue weighted by atomic mass is 16.5. The van der Waals surface area contributed by atoms with Crippen molar-refractivity contribution < 1.29 is 24.5 Å². The molecule has 7 heteroatoms. The van der Waals surface area contributed by atoms with Gasteiger partial charge in [-0.2, -0.15) is 0 Å². The van der Waals surface area contributed by atoms with Crippen LogP contribution in [0.15, 0.2) is 0 Å². The minimum Gasteiger partial charge on any atom is -0.481 e. The van der Waals surface area contributed by atoms with Crippen LogP contribution >= 0.6 is 0 Å². The first-order valence-corrected chi connectivity index (χ1v) is 8.58. The molecule has 1 amide bonds. The zero-order chi connectivity index (χ0) is 16.7. The van der Waals surface area contributed by atoms with Crippen LogP contribution in [-0.4, -0.2) is 71.5 Å². The van der Waals surface area contributed by atoms with Gasteiger partial charge in [0.15, 0.2) is 0 Å². The summed E-state index contributed by atoms with van der Waals surface area (Å²) in [4.78, 5) is 25.2. The van der Waals surface area contributed by atoms with E-state index in [-0.39, 0.29) is 31.1 Å². The lowest BCUT2D eigenvalue weighted by molar-refractivity contribution is -0.147. The Bertz CT molecular complexity index is 398. The summed E-state index contributed by atoms with van der Waals surface area (Å²) in [7, 11) is 0. The number of carbonyl (C=O) groups is 2. The van der Waals surface area contributed by atoms with Crippen LogP contribution < -0.4 is 5.32 Å². The summed E-state index contributed by atoms with van der Waals surface area (Å²) in [6.45, 7) is 2.68. The van der Waals surface area contributed by atoms with E-state index in [1.54, 1.807) is 0 Å². The predicted octanol–water partition coefficient (Wildman–Crippen LogP) is 0.362. The second-order valence-electron chi connectivity index (χ2n) is 6.48. The van der Waals surface area contributed by atoms with E-state index in [0.717, 1.165) is 19.6 Å². The summed E-state index contributed by atoms with van der Waals surface area (Å²) >= 11 is 0. The van der Waals surface area contributed by atoms with Gasteiger partial charge in [0.05, 0.1) is 25.2 Å². The molecular weight excluding hydrogens is 300 g/mol. The number of carboxylic acid groups (broad SMARTS) is 1. The molecule has 23 heavy (non-hydrogen) atoms. The number of hydrogen-bond donors (Lipinski definition) is 3. The molecule has 3 atom stereocenters. The Hall–Kier alpha value is -1.18. The van der Waals surface area contributed by atoms with Crippen LogP contribution in [0.1, 0.15) is 44.9 Å². The number of amides is 1. The van der Waals surface area contributed by atoms with Gasteiger partial charge in [0.2, 0.25) is 5.91 Å². The van der Waals surface area contributed by atoms with E-state index in [1.165, 1.54) is 19.3 Å². The summed E-state index contributed by atoms with van der Waals surface area (Å²) in [5.74, 6) is -0.935. The van der Waals surface area contributed by atoms with E-state index in [0.29, 0.717) is 19.3 Å². The Balaban J connectivity index is 1.72. The van der Waals surface area contributed by atoms with E-state index in [2.05, 4.69) is 10.2 Å². The first-order valence-electron chi connectivity index (χ1n) is 8.58. The van der Waals surface area contributed by atoms with Crippen molar-refractivity contribution in [2.75, 3.05) is 26.2 Å². The van der Waals surface area contributed by atoms with Crippen LogP contribution in [0.5, 0.6) is 0 Å². The largest absolute Gasteiger partial charge is 0.481 e. The van der Waals surface area contributed by atoms with Gasteiger partial charge in [0, 0.05) is 13.0 Å². The molecule has 132 valence electrons. The maximum absolute atomic E-state index is 12.1. The Morgan fingerprint density at radius 2 is 1.91 bits per heavy atom. The molecule has 2 saturated heterocycles. The van der Waals surface area contributed by atoms with Gasteiger partial charge in [-0.25, -0.2) is 0 Å². The van der Waals surface area contributed by atoms with Gasteiger partial charge in [-0.3, -0.25) is 9.59 Å². The van der Waals surface area contributed by atoms with Crippen LogP contribution in [0, 0.1) is 0 Å². The number of ether oxygens (including phenoxy) is 1. The third-order valence-corrected chi connectivity index (χ3v) is 4.65. The first kappa shape index (κ1) is 18.2. The number of likely N-dealkylation sites (tertiary alicyclic amines) is 1. The zero-order valence-electron chi connectivity index (χ0n) is 13.6. The molecule has 0 aromatic rings. The average Bonchev–Trinajstić information content (AvgIpc) is 2.55. The van der Waals surface area contributed by atoms with Crippen LogP contribution in [0.25, 0.3) is 0 Å². The Morgan fingerprint density at radius 3 is 2.57 bits per heavy atom. The number of aliphatic carboxylic acids is 1. The van der Waals surface area contributed by atoms with E-state index in [1.807, 2.05) is 0 Å². The highest BCUT2D eigenvalue weighted by Crippen LogP contribution is 2.22. The lowest BCUT2D eigenvalue weighted by atomic mass is 9.97. The molecule has 0 aromatic carbocycles. The van der Waals surface area contributed by atoms with Crippen molar-refractivity contribution in [1.29, 1.82) is 0 Å². The van der Waals surface area contributed by atoms with Gasteiger partial charge in [0.25, 0.3) is 0 Å². The molecule has 2 rings (SSSR count). The quantitative estimate of drug-likeness (QED) is 0.624. The number of carboxylic acids is 1. The molecular formula is C16H28N2O5. The molecule has 2 aliphatic rings. The molecule has 7 nitrogen and oxygen atoms in total. The van der Waals surface area contributed by atoms with Gasteiger partial charge in [0.1, 0.15) is 6.10 Å². The number of hydrogen-bond acceptors (Lipinski definition) is 5. The first-order chi connectivity index (χ1) is 11.1. The molecule has 0 aromatic heterocycles. The standard InChI is InChI=1S/C16H28N2O5/c19-11-14-13(5-4-12(23-14)10-16(21)22)17-15(20)6-9-18-7-2-1-3-8-18/h12-14,19H,1-11H2,(H,17,20)(H,21,22)/t12-,13+,14-/m1/s1. The Kier molecular flexibility index (Phi) is 7.26. The van der Waals surface area contributed by atoms with Gasteiger partial charge >= 0.3 is 5.97 Å². The Morgan fingerprint density at radius 1 is 1.17 bits per heavy atom. The summed E-state index contributed by atoms with van der Waals surface area (Å²) < 4.78 is 5.60. The number of nitrogens with zero attached hydrogens (tertiary/aromatic N) is 1. The van der Waals surface area contributed by atoms with E-state index < -0.39 is 12.1 Å². The van der Waals surface area contributed by atoms with Crippen molar-refractivity contribution in [1.82, 2.24) is 10.2 Å². The molecule has 0 unspecified atom stereocenters. The second kappa shape index (κ2) is 9.20. The summed E-state index contributed by atoms with van der Waals surface area (Å²) in [5.41, 5.74) is 0. The van der Waals surface area contributed by atoms with Crippen LogP contribution in [0.3, 0.4) is 0 Å². The van der Waals surface area contributed by atoms with Gasteiger partial charge in [-0.05, 0) is 38.8 Å². The fourth-order valence-corrected chi connectivity index (χ4v) is 3.36. The Labute approximate surface area is 137 Å². The second-order valence-corrected chi connectivity index (χ2v) is 6.48. The number of rotatable bonds is 7. The van der Waals surface area contributed by atoms with Crippen molar-refractivity contribution in [3.63, 3.8) is 0 Å². The predicted molar refractivity (Wildman–Crippen MR) is 84.1 cm³/mol. The van der Waals surface area contributed by atoms with Gasteiger partial charge in [-0.1, -0.05) is 6.42 Å². The summed E-state index contributed by atoms with van der Waals surface area (Å²) in [6, 6.07) is -0.237. The molecule has 3 N–H and O–H groups in total. The number of aliphatic hydroxyl groups excluding tert-OH is 1. The lowest BCUT2D eigenvalue weighted by Gasteiger charge is -2.35. The molecule has 0 saturated carbocycles. The lowest BCUT2D eigenvalue weighted by Crippen LogP contribution is -2.51. The number of piperidine rings is 1.